The number of amides is 1. The Morgan fingerprint density at radius 1 is 1.19 bits per heavy atom. The van der Waals surface area contributed by atoms with Gasteiger partial charge in [-0.25, -0.2) is 0 Å². The lowest BCUT2D eigenvalue weighted by Gasteiger charge is -2.22. The number of carbonyl (C=O) groups excluding carboxylic acids is 1. The van der Waals surface area contributed by atoms with Crippen LogP contribution in [0, 0.1) is 0 Å². The van der Waals surface area contributed by atoms with Crippen molar-refractivity contribution in [3.63, 3.8) is 0 Å². The molecule has 1 aliphatic rings. The van der Waals surface area contributed by atoms with Gasteiger partial charge in [0.15, 0.2) is 0 Å². The van der Waals surface area contributed by atoms with Gasteiger partial charge in [-0.05, 0) is 24.8 Å². The number of hydrogen-bond donors (Lipinski definition) is 2. The van der Waals surface area contributed by atoms with Gasteiger partial charge in [0.05, 0.1) is 12.1 Å². The summed E-state index contributed by atoms with van der Waals surface area (Å²) in [7, 11) is 0. The molecule has 1 aromatic carbocycles. The smallest absolute Gasteiger partial charge is 0.303 e. The molecule has 0 spiro atoms. The van der Waals surface area contributed by atoms with Gasteiger partial charge in [-0.3, -0.25) is 9.59 Å². The van der Waals surface area contributed by atoms with Crippen LogP contribution in [0.3, 0.4) is 0 Å². The predicted molar refractivity (Wildman–Crippen MR) is 101 cm³/mol. The molecule has 2 rings (SSSR count). The van der Waals surface area contributed by atoms with Gasteiger partial charge < -0.3 is 15.1 Å². The second kappa shape index (κ2) is 10.8. The number of benzene rings is 1. The molecule has 142 valence electrons. The van der Waals surface area contributed by atoms with E-state index in [0.29, 0.717) is 25.8 Å². The third-order valence-corrected chi connectivity index (χ3v) is 4.76. The first-order valence-corrected chi connectivity index (χ1v) is 9.48. The van der Waals surface area contributed by atoms with E-state index in [2.05, 4.69) is 0 Å². The number of carboxylic acids is 1. The number of aliphatic hydroxyl groups excluding tert-OH is 1. The summed E-state index contributed by atoms with van der Waals surface area (Å²) in [6, 6.07) is 9.92. The highest BCUT2D eigenvalue weighted by Gasteiger charge is 2.28. The molecule has 5 nitrogen and oxygen atoms in total. The molecule has 2 atom stereocenters. The van der Waals surface area contributed by atoms with E-state index >= 15 is 0 Å². The number of likely N-dealkylation sites (tertiary alicyclic amines) is 1. The first-order valence-electron chi connectivity index (χ1n) is 9.48. The van der Waals surface area contributed by atoms with Crippen molar-refractivity contribution in [2.75, 3.05) is 6.54 Å². The summed E-state index contributed by atoms with van der Waals surface area (Å²) in [5, 5.41) is 18.8. The standard InChI is InChI=1S/C21H29NO4/c23-19(16-17-8-4-3-5-9-17)13-11-18-12-14-20(24)22(18)15-7-2-1-6-10-21(25)26/h3-5,8-9,11,13,18-19,23H,1-2,6-7,10,12,14-16H2,(H,25,26)/t18-,19-/m0/s1. The van der Waals surface area contributed by atoms with Crippen molar-refractivity contribution in [2.24, 2.45) is 0 Å². The van der Waals surface area contributed by atoms with E-state index in [0.717, 1.165) is 31.2 Å². The number of aliphatic hydroxyl groups is 1. The molecule has 26 heavy (non-hydrogen) atoms. The lowest BCUT2D eigenvalue weighted by molar-refractivity contribution is -0.137. The Labute approximate surface area is 155 Å². The molecular weight excluding hydrogens is 330 g/mol. The van der Waals surface area contributed by atoms with Gasteiger partial charge in [-0.15, -0.1) is 0 Å². The van der Waals surface area contributed by atoms with Crippen LogP contribution in [0.1, 0.15) is 50.5 Å². The highest BCUT2D eigenvalue weighted by molar-refractivity contribution is 5.79. The number of aliphatic carboxylic acids is 1. The summed E-state index contributed by atoms with van der Waals surface area (Å²) in [6.45, 7) is 0.704. The van der Waals surface area contributed by atoms with E-state index in [4.69, 9.17) is 5.11 Å². The highest BCUT2D eigenvalue weighted by Crippen LogP contribution is 2.21. The van der Waals surface area contributed by atoms with Crippen LogP contribution in [0.4, 0.5) is 0 Å². The van der Waals surface area contributed by atoms with Crippen molar-refractivity contribution in [3.05, 3.63) is 48.0 Å². The van der Waals surface area contributed by atoms with Gasteiger partial charge in [-0.2, -0.15) is 0 Å². The monoisotopic (exact) mass is 359 g/mol. The molecule has 1 aliphatic heterocycles. The molecule has 1 fully saturated rings. The van der Waals surface area contributed by atoms with E-state index < -0.39 is 12.1 Å². The van der Waals surface area contributed by atoms with Crippen LogP contribution in [-0.4, -0.2) is 45.7 Å². The fraction of sp³-hybridized carbons (Fsp3) is 0.524. The first-order chi connectivity index (χ1) is 12.6. The Kier molecular flexibility index (Phi) is 8.35. The minimum atomic E-state index is -0.751. The molecule has 0 aliphatic carbocycles. The largest absolute Gasteiger partial charge is 0.481 e. The average Bonchev–Trinajstić information content (AvgIpc) is 2.97. The number of unbranched alkanes of at least 4 members (excludes halogenated alkanes) is 3. The topological polar surface area (TPSA) is 77.8 Å². The zero-order valence-electron chi connectivity index (χ0n) is 15.2. The first kappa shape index (κ1) is 20.2. The van der Waals surface area contributed by atoms with Crippen molar-refractivity contribution in [3.8, 4) is 0 Å². The molecule has 1 saturated heterocycles. The van der Waals surface area contributed by atoms with E-state index in [1.165, 1.54) is 0 Å². The van der Waals surface area contributed by atoms with Gasteiger partial charge >= 0.3 is 5.97 Å². The summed E-state index contributed by atoms with van der Waals surface area (Å²) >= 11 is 0. The maximum atomic E-state index is 12.1. The molecule has 0 radical (unpaired) electrons. The zero-order chi connectivity index (χ0) is 18.8. The van der Waals surface area contributed by atoms with Gasteiger partial charge in [-0.1, -0.05) is 55.3 Å². The minimum absolute atomic E-state index is 0.0620. The fourth-order valence-electron chi connectivity index (χ4n) is 3.34. The molecule has 1 heterocycles. The molecule has 1 amide bonds. The summed E-state index contributed by atoms with van der Waals surface area (Å²) in [5.41, 5.74) is 1.09. The molecular formula is C21H29NO4. The van der Waals surface area contributed by atoms with E-state index in [-0.39, 0.29) is 18.4 Å². The van der Waals surface area contributed by atoms with Crippen molar-refractivity contribution < 1.29 is 19.8 Å². The summed E-state index contributed by atoms with van der Waals surface area (Å²) in [5.74, 6) is -0.582. The van der Waals surface area contributed by atoms with Crippen molar-refractivity contribution in [1.82, 2.24) is 4.90 Å². The molecule has 0 aromatic heterocycles. The van der Waals surface area contributed by atoms with Gasteiger partial charge in [0, 0.05) is 25.8 Å². The summed E-state index contributed by atoms with van der Waals surface area (Å²) in [4.78, 5) is 24.5. The lowest BCUT2D eigenvalue weighted by atomic mass is 10.1. The summed E-state index contributed by atoms with van der Waals surface area (Å²) in [6.07, 6.45) is 8.75. The van der Waals surface area contributed by atoms with Crippen molar-refractivity contribution in [2.45, 2.75) is 63.5 Å². The third-order valence-electron chi connectivity index (χ3n) is 4.76. The van der Waals surface area contributed by atoms with Crippen LogP contribution in [0.5, 0.6) is 0 Å². The molecule has 0 unspecified atom stereocenters. The fourth-order valence-corrected chi connectivity index (χ4v) is 3.34. The molecule has 0 bridgehead atoms. The average molecular weight is 359 g/mol. The normalized spacial score (nSPS) is 18.6. The predicted octanol–water partition coefficient (Wildman–Crippen LogP) is 3.17. The van der Waals surface area contributed by atoms with Crippen LogP contribution in [0.15, 0.2) is 42.5 Å². The molecule has 5 heteroatoms. The van der Waals surface area contributed by atoms with Crippen molar-refractivity contribution >= 4 is 11.9 Å². The van der Waals surface area contributed by atoms with E-state index in [9.17, 15) is 14.7 Å². The van der Waals surface area contributed by atoms with E-state index in [1.54, 1.807) is 6.08 Å². The SMILES string of the molecule is O=C(O)CCCCCCN1C(=O)CC[C@@H]1C=C[C@H](O)Cc1ccccc1. The van der Waals surface area contributed by atoms with Gasteiger partial charge in [0.2, 0.25) is 5.91 Å². The zero-order valence-corrected chi connectivity index (χ0v) is 15.2. The van der Waals surface area contributed by atoms with Crippen LogP contribution >= 0.6 is 0 Å². The number of hydrogen-bond acceptors (Lipinski definition) is 3. The maximum absolute atomic E-state index is 12.1. The van der Waals surface area contributed by atoms with Crippen LogP contribution < -0.4 is 0 Å². The number of carboxylic acid groups (broad SMARTS) is 1. The lowest BCUT2D eigenvalue weighted by Crippen LogP contribution is -2.32. The van der Waals surface area contributed by atoms with E-state index in [1.807, 2.05) is 41.3 Å². The van der Waals surface area contributed by atoms with Crippen molar-refractivity contribution in [1.29, 1.82) is 0 Å². The second-order valence-corrected chi connectivity index (χ2v) is 6.89. The Morgan fingerprint density at radius 3 is 2.65 bits per heavy atom. The number of carbonyl (C=O) groups is 2. The Hall–Kier alpha value is -2.14. The molecule has 2 N–H and O–H groups in total. The Morgan fingerprint density at radius 2 is 1.92 bits per heavy atom. The third kappa shape index (κ3) is 7.00. The Balaban J connectivity index is 1.74. The molecule has 1 aromatic rings. The van der Waals surface area contributed by atoms with Crippen LogP contribution in [0.2, 0.25) is 0 Å². The molecule has 0 saturated carbocycles. The minimum Gasteiger partial charge on any atom is -0.481 e. The van der Waals surface area contributed by atoms with Gasteiger partial charge in [0.1, 0.15) is 0 Å². The Bertz CT molecular complexity index is 599. The quantitative estimate of drug-likeness (QED) is 0.470. The van der Waals surface area contributed by atoms with Crippen LogP contribution in [0.25, 0.3) is 0 Å². The summed E-state index contributed by atoms with van der Waals surface area (Å²) < 4.78 is 0. The maximum Gasteiger partial charge on any atom is 0.303 e. The number of nitrogens with zero attached hydrogens (tertiary/aromatic N) is 1. The second-order valence-electron chi connectivity index (χ2n) is 6.89. The van der Waals surface area contributed by atoms with Crippen LogP contribution in [-0.2, 0) is 16.0 Å². The highest BCUT2D eigenvalue weighted by atomic mass is 16.4. The van der Waals surface area contributed by atoms with Gasteiger partial charge in [0.25, 0.3) is 0 Å². The number of rotatable bonds is 11.